The lowest BCUT2D eigenvalue weighted by Crippen LogP contribution is -2.10. The van der Waals surface area contributed by atoms with E-state index in [1.54, 1.807) is 6.33 Å². The Bertz CT molecular complexity index is 712. The molecule has 0 amide bonds. The summed E-state index contributed by atoms with van der Waals surface area (Å²) >= 11 is 0. The molecule has 0 saturated heterocycles. The number of nitrogens with one attached hydrogen (secondary N) is 2. The Kier molecular flexibility index (Phi) is 3.81. The van der Waals surface area contributed by atoms with Crippen molar-refractivity contribution in [3.05, 3.63) is 36.7 Å². The Labute approximate surface area is 121 Å². The molecule has 1 aromatic carbocycles. The minimum atomic E-state index is 0.206. The van der Waals surface area contributed by atoms with Crippen LogP contribution in [0.3, 0.4) is 0 Å². The van der Waals surface area contributed by atoms with Crippen LogP contribution >= 0.6 is 0 Å². The third kappa shape index (κ3) is 3.19. The molecule has 0 saturated carbocycles. The molecule has 0 fully saturated rings. The standard InChI is InChI=1S/C14H16N6O/c15-14-19-12(11-13(20-14)18-9-17-11)16-7-4-8-21-10-5-2-1-3-6-10/h1-3,5-6,9H,4,7-8H2,(H4,15,16,17,18,19,20). The zero-order valence-electron chi connectivity index (χ0n) is 11.4. The average Bonchev–Trinajstić information content (AvgIpc) is 2.96. The third-order valence-electron chi connectivity index (χ3n) is 2.93. The van der Waals surface area contributed by atoms with E-state index in [9.17, 15) is 0 Å². The molecule has 0 aliphatic heterocycles. The molecular formula is C14H16N6O. The monoisotopic (exact) mass is 284 g/mol. The molecule has 0 bridgehead atoms. The predicted octanol–water partition coefficient (Wildman–Crippen LogP) is 1.82. The van der Waals surface area contributed by atoms with E-state index in [1.165, 1.54) is 0 Å². The SMILES string of the molecule is Nc1nc(NCCCOc2ccccc2)c2[nH]cnc2n1. The molecule has 0 atom stereocenters. The van der Waals surface area contributed by atoms with Gasteiger partial charge in [0.05, 0.1) is 12.9 Å². The van der Waals surface area contributed by atoms with E-state index in [4.69, 9.17) is 10.5 Å². The Morgan fingerprint density at radius 1 is 1.19 bits per heavy atom. The van der Waals surface area contributed by atoms with E-state index in [1.807, 2.05) is 30.3 Å². The van der Waals surface area contributed by atoms with Crippen molar-refractivity contribution in [1.29, 1.82) is 0 Å². The summed E-state index contributed by atoms with van der Waals surface area (Å²) in [5.41, 5.74) is 6.97. The van der Waals surface area contributed by atoms with Crippen molar-refractivity contribution in [3.8, 4) is 5.75 Å². The summed E-state index contributed by atoms with van der Waals surface area (Å²) in [6.45, 7) is 1.35. The van der Waals surface area contributed by atoms with Crippen LogP contribution < -0.4 is 15.8 Å². The fraction of sp³-hybridized carbons (Fsp3) is 0.214. The van der Waals surface area contributed by atoms with Gasteiger partial charge in [-0.25, -0.2) is 4.98 Å². The number of hydrogen-bond donors (Lipinski definition) is 3. The number of ether oxygens (including phenoxy) is 1. The van der Waals surface area contributed by atoms with E-state index in [0.717, 1.165) is 24.2 Å². The normalized spacial score (nSPS) is 10.7. The van der Waals surface area contributed by atoms with Crippen LogP contribution in [-0.2, 0) is 0 Å². The van der Waals surface area contributed by atoms with Gasteiger partial charge in [0.1, 0.15) is 11.3 Å². The number of benzene rings is 1. The smallest absolute Gasteiger partial charge is 0.224 e. The lowest BCUT2D eigenvalue weighted by Gasteiger charge is -2.08. The number of aromatic nitrogens is 4. The second-order valence-electron chi connectivity index (χ2n) is 4.47. The predicted molar refractivity (Wildman–Crippen MR) is 81.1 cm³/mol. The second-order valence-corrected chi connectivity index (χ2v) is 4.47. The maximum absolute atomic E-state index is 5.65. The molecule has 0 aliphatic rings. The Hall–Kier alpha value is -2.83. The van der Waals surface area contributed by atoms with Crippen molar-refractivity contribution in [1.82, 2.24) is 19.9 Å². The number of rotatable bonds is 6. The first-order chi connectivity index (χ1) is 10.3. The second kappa shape index (κ2) is 6.08. The Morgan fingerprint density at radius 2 is 2.05 bits per heavy atom. The summed E-state index contributed by atoms with van der Waals surface area (Å²) in [6, 6.07) is 9.74. The highest BCUT2D eigenvalue weighted by Gasteiger charge is 2.07. The van der Waals surface area contributed by atoms with Gasteiger partial charge in [0, 0.05) is 6.54 Å². The summed E-state index contributed by atoms with van der Waals surface area (Å²) in [4.78, 5) is 15.3. The molecule has 0 radical (unpaired) electrons. The van der Waals surface area contributed by atoms with E-state index in [2.05, 4.69) is 25.3 Å². The third-order valence-corrected chi connectivity index (χ3v) is 2.93. The lowest BCUT2D eigenvalue weighted by molar-refractivity contribution is 0.315. The van der Waals surface area contributed by atoms with Crippen molar-refractivity contribution in [2.45, 2.75) is 6.42 Å². The Balaban J connectivity index is 1.52. The van der Waals surface area contributed by atoms with Gasteiger partial charge in [0.2, 0.25) is 5.95 Å². The van der Waals surface area contributed by atoms with Crippen LogP contribution in [0.15, 0.2) is 36.7 Å². The molecule has 7 nitrogen and oxygen atoms in total. The topological polar surface area (TPSA) is 102 Å². The molecule has 3 rings (SSSR count). The van der Waals surface area contributed by atoms with Gasteiger partial charge in [-0.3, -0.25) is 0 Å². The number of hydrogen-bond acceptors (Lipinski definition) is 6. The van der Waals surface area contributed by atoms with Crippen molar-refractivity contribution in [2.24, 2.45) is 0 Å². The van der Waals surface area contributed by atoms with Gasteiger partial charge in [0.15, 0.2) is 11.5 Å². The molecule has 3 aromatic rings. The van der Waals surface area contributed by atoms with Gasteiger partial charge in [-0.15, -0.1) is 0 Å². The number of imidazole rings is 1. The number of nitrogens with zero attached hydrogens (tertiary/aromatic N) is 3. The van der Waals surface area contributed by atoms with E-state index < -0.39 is 0 Å². The highest BCUT2D eigenvalue weighted by Crippen LogP contribution is 2.17. The lowest BCUT2D eigenvalue weighted by atomic mass is 10.3. The van der Waals surface area contributed by atoms with E-state index >= 15 is 0 Å². The fourth-order valence-corrected chi connectivity index (χ4v) is 1.96. The minimum absolute atomic E-state index is 0.206. The van der Waals surface area contributed by atoms with Crippen LogP contribution in [0.25, 0.3) is 11.2 Å². The van der Waals surface area contributed by atoms with E-state index in [0.29, 0.717) is 18.1 Å². The van der Waals surface area contributed by atoms with Crippen LogP contribution in [0, 0.1) is 0 Å². The summed E-state index contributed by atoms with van der Waals surface area (Å²) in [5.74, 6) is 1.74. The van der Waals surface area contributed by atoms with Crippen LogP contribution in [0.4, 0.5) is 11.8 Å². The Morgan fingerprint density at radius 3 is 2.90 bits per heavy atom. The highest BCUT2D eigenvalue weighted by atomic mass is 16.5. The summed E-state index contributed by atoms with van der Waals surface area (Å²) < 4.78 is 5.62. The van der Waals surface area contributed by atoms with E-state index in [-0.39, 0.29) is 5.95 Å². The maximum atomic E-state index is 5.65. The van der Waals surface area contributed by atoms with Gasteiger partial charge < -0.3 is 20.8 Å². The molecule has 2 aromatic heterocycles. The zero-order chi connectivity index (χ0) is 14.5. The first kappa shape index (κ1) is 13.2. The molecular weight excluding hydrogens is 268 g/mol. The number of fused-ring (bicyclic) bond motifs is 1. The number of para-hydroxylation sites is 1. The van der Waals surface area contributed by atoms with Crippen LogP contribution in [0.1, 0.15) is 6.42 Å². The number of aromatic amines is 1. The molecule has 0 spiro atoms. The molecule has 4 N–H and O–H groups in total. The summed E-state index contributed by atoms with van der Waals surface area (Å²) in [7, 11) is 0. The first-order valence-corrected chi connectivity index (χ1v) is 6.71. The van der Waals surface area contributed by atoms with Gasteiger partial charge in [-0.05, 0) is 18.6 Å². The fourth-order valence-electron chi connectivity index (χ4n) is 1.96. The molecule has 7 heteroatoms. The number of anilines is 2. The molecule has 0 unspecified atom stereocenters. The first-order valence-electron chi connectivity index (χ1n) is 6.71. The largest absolute Gasteiger partial charge is 0.494 e. The maximum Gasteiger partial charge on any atom is 0.224 e. The molecule has 108 valence electrons. The van der Waals surface area contributed by atoms with Crippen LogP contribution in [-0.4, -0.2) is 33.1 Å². The zero-order valence-corrected chi connectivity index (χ0v) is 11.4. The summed E-state index contributed by atoms with van der Waals surface area (Å²) in [5, 5.41) is 3.22. The van der Waals surface area contributed by atoms with Crippen LogP contribution in [0.2, 0.25) is 0 Å². The molecule has 21 heavy (non-hydrogen) atoms. The van der Waals surface area contributed by atoms with Crippen molar-refractivity contribution >= 4 is 22.9 Å². The van der Waals surface area contributed by atoms with Crippen molar-refractivity contribution < 1.29 is 4.74 Å². The highest BCUT2D eigenvalue weighted by molar-refractivity contribution is 5.83. The number of nitrogen functional groups attached to an aromatic ring is 1. The quantitative estimate of drug-likeness (QED) is 0.597. The van der Waals surface area contributed by atoms with Gasteiger partial charge in [-0.2, -0.15) is 9.97 Å². The number of nitrogens with two attached hydrogens (primary N) is 1. The van der Waals surface area contributed by atoms with Gasteiger partial charge >= 0.3 is 0 Å². The number of H-pyrrole nitrogens is 1. The van der Waals surface area contributed by atoms with Crippen LogP contribution in [0.5, 0.6) is 5.75 Å². The molecule has 2 heterocycles. The summed E-state index contributed by atoms with van der Waals surface area (Å²) in [6.07, 6.45) is 2.41. The van der Waals surface area contributed by atoms with Crippen molar-refractivity contribution in [3.63, 3.8) is 0 Å². The molecule has 0 aliphatic carbocycles. The average molecular weight is 284 g/mol. The van der Waals surface area contributed by atoms with Gasteiger partial charge in [0.25, 0.3) is 0 Å². The van der Waals surface area contributed by atoms with Gasteiger partial charge in [-0.1, -0.05) is 18.2 Å². The minimum Gasteiger partial charge on any atom is -0.494 e. The van der Waals surface area contributed by atoms with Crippen molar-refractivity contribution in [2.75, 3.05) is 24.2 Å².